The first-order valence-electron chi connectivity index (χ1n) is 11.7. The van der Waals surface area contributed by atoms with Gasteiger partial charge in [-0.05, 0) is 42.8 Å². The number of nitrogens with zero attached hydrogens (tertiary/aromatic N) is 1. The van der Waals surface area contributed by atoms with Crippen LogP contribution in [0, 0.1) is 0 Å². The van der Waals surface area contributed by atoms with E-state index in [1.807, 2.05) is 64.0 Å². The predicted molar refractivity (Wildman–Crippen MR) is 143 cm³/mol. The Kier molecular flexibility index (Phi) is 12.4. The van der Waals surface area contributed by atoms with Gasteiger partial charge in [0.1, 0.15) is 5.75 Å². The number of rotatable bonds is 7. The number of halogens is 3. The van der Waals surface area contributed by atoms with Crippen LogP contribution in [0.4, 0.5) is 24.5 Å². The van der Waals surface area contributed by atoms with Gasteiger partial charge in [0.05, 0.1) is 4.90 Å². The highest BCUT2D eigenvalue weighted by molar-refractivity contribution is 7.89. The summed E-state index contributed by atoms with van der Waals surface area (Å²) in [6.45, 7) is 7.70. The number of nitrogens with one attached hydrogen (secondary N) is 2. The zero-order valence-electron chi connectivity index (χ0n) is 21.8. The Bertz CT molecular complexity index is 1250. The number of benzene rings is 3. The summed E-state index contributed by atoms with van der Waals surface area (Å²) in [5.74, 6) is -0.615. The van der Waals surface area contributed by atoms with E-state index in [9.17, 15) is 26.4 Å². The highest BCUT2D eigenvalue weighted by atomic mass is 32.2. The summed E-state index contributed by atoms with van der Waals surface area (Å²) in [7, 11) is 0.439. The van der Waals surface area contributed by atoms with E-state index in [4.69, 9.17) is 0 Å². The normalized spacial score (nSPS) is 10.9. The highest BCUT2D eigenvalue weighted by Gasteiger charge is 2.30. The van der Waals surface area contributed by atoms with Crippen molar-refractivity contribution in [3.8, 4) is 5.75 Å². The maximum absolute atomic E-state index is 12.4. The van der Waals surface area contributed by atoms with E-state index >= 15 is 0 Å². The van der Waals surface area contributed by atoms with Crippen molar-refractivity contribution in [2.45, 2.75) is 45.4 Å². The van der Waals surface area contributed by atoms with Crippen LogP contribution >= 0.6 is 0 Å². The average molecular weight is 542 g/mol. The van der Waals surface area contributed by atoms with E-state index in [2.05, 4.69) is 14.8 Å². The lowest BCUT2D eigenvalue weighted by molar-refractivity contribution is -0.274. The molecule has 0 fully saturated rings. The van der Waals surface area contributed by atoms with Crippen molar-refractivity contribution in [1.82, 2.24) is 4.72 Å². The average Bonchev–Trinajstić information content (AvgIpc) is 2.83. The zero-order chi connectivity index (χ0) is 28.2. The van der Waals surface area contributed by atoms with E-state index in [1.54, 1.807) is 12.1 Å². The molecular weight excluding hydrogens is 507 g/mol. The summed E-state index contributed by atoms with van der Waals surface area (Å²) in [5.41, 5.74) is 1.42. The largest absolute Gasteiger partial charge is 0.573 e. The van der Waals surface area contributed by atoms with Crippen LogP contribution in [0.25, 0.3) is 10.8 Å². The molecule has 0 aliphatic heterocycles. The SMILES string of the molecule is CC.CC(=O)Nc1ccc(OC(F)(F)F)cc1.CCCNS(=O)(=O)c1cccc2c(N(C)C)cccc12. The summed E-state index contributed by atoms with van der Waals surface area (Å²) in [4.78, 5) is 12.9. The number of carbonyl (C=O) groups is 1. The van der Waals surface area contributed by atoms with Crippen molar-refractivity contribution < 1.29 is 31.1 Å². The summed E-state index contributed by atoms with van der Waals surface area (Å²) >= 11 is 0. The van der Waals surface area contributed by atoms with Gasteiger partial charge in [0.2, 0.25) is 15.9 Å². The number of anilines is 2. The minimum Gasteiger partial charge on any atom is -0.406 e. The molecule has 0 heterocycles. The molecule has 7 nitrogen and oxygen atoms in total. The second-order valence-electron chi connectivity index (χ2n) is 7.67. The summed E-state index contributed by atoms with van der Waals surface area (Å²) < 4.78 is 66.3. The molecule has 1 amide bonds. The Morgan fingerprint density at radius 1 is 0.946 bits per heavy atom. The van der Waals surface area contributed by atoms with Crippen LogP contribution < -0.4 is 19.7 Å². The molecule has 0 radical (unpaired) electrons. The second kappa shape index (κ2) is 14.4. The van der Waals surface area contributed by atoms with Crippen molar-refractivity contribution in [2.24, 2.45) is 0 Å². The molecule has 0 saturated heterocycles. The van der Waals surface area contributed by atoms with Gasteiger partial charge in [0.25, 0.3) is 0 Å². The van der Waals surface area contributed by atoms with Crippen LogP contribution in [0.3, 0.4) is 0 Å². The van der Waals surface area contributed by atoms with Gasteiger partial charge in [-0.25, -0.2) is 13.1 Å². The molecule has 3 rings (SSSR count). The number of hydrogen-bond acceptors (Lipinski definition) is 5. The van der Waals surface area contributed by atoms with Gasteiger partial charge >= 0.3 is 6.36 Å². The third-order valence-electron chi connectivity index (χ3n) is 4.58. The fourth-order valence-electron chi connectivity index (χ4n) is 3.15. The monoisotopic (exact) mass is 541 g/mol. The molecule has 0 aliphatic carbocycles. The van der Waals surface area contributed by atoms with Gasteiger partial charge in [-0.1, -0.05) is 45.0 Å². The fourth-order valence-corrected chi connectivity index (χ4v) is 4.50. The molecule has 0 unspecified atom stereocenters. The third-order valence-corrected chi connectivity index (χ3v) is 6.10. The molecule has 0 aromatic heterocycles. The Hall–Kier alpha value is -3.31. The van der Waals surface area contributed by atoms with Gasteiger partial charge < -0.3 is 15.0 Å². The van der Waals surface area contributed by atoms with E-state index in [0.717, 1.165) is 35.0 Å². The molecular formula is C26H34F3N3O4S. The van der Waals surface area contributed by atoms with Crippen LogP contribution in [0.5, 0.6) is 5.75 Å². The van der Waals surface area contributed by atoms with Crippen LogP contribution in [-0.2, 0) is 14.8 Å². The Morgan fingerprint density at radius 3 is 2.03 bits per heavy atom. The molecule has 0 atom stereocenters. The molecule has 2 N–H and O–H groups in total. The Morgan fingerprint density at radius 2 is 1.51 bits per heavy atom. The molecule has 204 valence electrons. The Balaban J connectivity index is 0.000000360. The molecule has 11 heteroatoms. The van der Waals surface area contributed by atoms with Crippen molar-refractivity contribution in [1.29, 1.82) is 0 Å². The second-order valence-corrected chi connectivity index (χ2v) is 9.41. The first kappa shape index (κ1) is 31.7. The maximum Gasteiger partial charge on any atom is 0.573 e. The molecule has 3 aromatic rings. The van der Waals surface area contributed by atoms with Gasteiger partial charge in [-0.2, -0.15) is 0 Å². The maximum atomic E-state index is 12.4. The quantitative estimate of drug-likeness (QED) is 0.374. The van der Waals surface area contributed by atoms with E-state index in [1.165, 1.54) is 19.1 Å². The van der Waals surface area contributed by atoms with Crippen LogP contribution in [0.1, 0.15) is 34.1 Å². The van der Waals surface area contributed by atoms with Gasteiger partial charge in [0.15, 0.2) is 0 Å². The van der Waals surface area contributed by atoms with Crippen LogP contribution in [0.15, 0.2) is 65.6 Å². The van der Waals surface area contributed by atoms with Crippen molar-refractivity contribution >= 4 is 38.1 Å². The number of alkyl halides is 3. The standard InChI is InChI=1S/C15H20N2O2S.C9H8F3NO2.C2H6/c1-4-11-16-20(18,19)15-10-6-7-12-13(15)8-5-9-14(12)17(2)3;1-6(14)13-7-2-4-8(5-3-7)15-9(10,11)12;1-2/h5-10,16H,4,11H2,1-3H3;2-5H,1H3,(H,13,14);1-2H3. The number of amides is 1. The van der Waals surface area contributed by atoms with Crippen molar-refractivity contribution in [3.63, 3.8) is 0 Å². The number of sulfonamides is 1. The topological polar surface area (TPSA) is 87.7 Å². The molecule has 0 bridgehead atoms. The molecule has 0 saturated carbocycles. The summed E-state index contributed by atoms with van der Waals surface area (Å²) in [6, 6.07) is 16.0. The third kappa shape index (κ3) is 10.3. The zero-order valence-corrected chi connectivity index (χ0v) is 22.6. The number of carbonyl (C=O) groups excluding carboxylic acids is 1. The summed E-state index contributed by atoms with van der Waals surface area (Å²) in [6.07, 6.45) is -3.93. The van der Waals surface area contributed by atoms with Crippen LogP contribution in [-0.4, -0.2) is 41.3 Å². The summed E-state index contributed by atoms with van der Waals surface area (Å²) in [5, 5.41) is 4.11. The number of hydrogen-bond donors (Lipinski definition) is 2. The first-order chi connectivity index (χ1) is 17.3. The lowest BCUT2D eigenvalue weighted by Crippen LogP contribution is -2.24. The smallest absolute Gasteiger partial charge is 0.406 e. The molecule has 0 spiro atoms. The predicted octanol–water partition coefficient (Wildman–Crippen LogP) is 6.16. The number of fused-ring (bicyclic) bond motifs is 1. The van der Waals surface area contributed by atoms with Crippen molar-refractivity contribution in [2.75, 3.05) is 30.9 Å². The van der Waals surface area contributed by atoms with Gasteiger partial charge in [-0.3, -0.25) is 4.79 Å². The highest BCUT2D eigenvalue weighted by Crippen LogP contribution is 2.30. The van der Waals surface area contributed by atoms with Crippen LogP contribution in [0.2, 0.25) is 0 Å². The fraction of sp³-hybridized carbons (Fsp3) is 0.346. The number of ether oxygens (including phenoxy) is 1. The van der Waals surface area contributed by atoms with Crippen molar-refractivity contribution in [3.05, 3.63) is 60.7 Å². The van der Waals surface area contributed by atoms with E-state index < -0.39 is 16.4 Å². The van der Waals surface area contributed by atoms with Gasteiger partial charge in [-0.15, -0.1) is 13.2 Å². The molecule has 3 aromatic carbocycles. The molecule has 37 heavy (non-hydrogen) atoms. The van der Waals surface area contributed by atoms with Gasteiger partial charge in [0, 0.05) is 49.7 Å². The minimum atomic E-state index is -4.70. The Labute approximate surface area is 216 Å². The lowest BCUT2D eigenvalue weighted by atomic mass is 10.1. The molecule has 0 aliphatic rings. The minimum absolute atomic E-state index is 0.292. The first-order valence-corrected chi connectivity index (χ1v) is 13.1. The lowest BCUT2D eigenvalue weighted by Gasteiger charge is -2.17. The van der Waals surface area contributed by atoms with E-state index in [-0.39, 0.29) is 11.7 Å². The van der Waals surface area contributed by atoms with E-state index in [0.29, 0.717) is 17.1 Å².